The topological polar surface area (TPSA) is 63.9 Å². The van der Waals surface area contributed by atoms with Crippen LogP contribution in [0.15, 0.2) is 78.4 Å². The summed E-state index contributed by atoms with van der Waals surface area (Å²) in [6.07, 6.45) is 2.31. The Hall–Kier alpha value is -3.32. The van der Waals surface area contributed by atoms with Crippen LogP contribution < -0.4 is 0 Å². The Balaban J connectivity index is 1.68. The van der Waals surface area contributed by atoms with Crippen molar-refractivity contribution in [3.05, 3.63) is 94.4 Å². The molecule has 29 heavy (non-hydrogen) atoms. The Kier molecular flexibility index (Phi) is 5.76. The number of rotatable bonds is 7. The maximum atomic E-state index is 13.7. The predicted octanol–water partition coefficient (Wildman–Crippen LogP) is 4.00. The lowest BCUT2D eigenvalue weighted by Crippen LogP contribution is -2.39. The lowest BCUT2D eigenvalue weighted by molar-refractivity contribution is 0.0676. The summed E-state index contributed by atoms with van der Waals surface area (Å²) in [6, 6.07) is 21.7. The molecule has 4 aromatic rings. The van der Waals surface area contributed by atoms with E-state index in [-0.39, 0.29) is 11.9 Å². The molecule has 6 nitrogen and oxygen atoms in total. The van der Waals surface area contributed by atoms with Gasteiger partial charge >= 0.3 is 0 Å². The molecule has 1 amide bonds. The number of carbonyl (C=O) groups excluding carboxylic acids is 1. The van der Waals surface area contributed by atoms with Crippen molar-refractivity contribution in [3.8, 4) is 5.69 Å². The summed E-state index contributed by atoms with van der Waals surface area (Å²) in [5.41, 5.74) is 2.34. The zero-order valence-electron chi connectivity index (χ0n) is 16.0. The lowest BCUT2D eigenvalue weighted by Gasteiger charge is -2.30. The van der Waals surface area contributed by atoms with Crippen molar-refractivity contribution in [2.75, 3.05) is 0 Å². The fourth-order valence-electron chi connectivity index (χ4n) is 3.32. The van der Waals surface area contributed by atoms with Crippen LogP contribution in [0.3, 0.4) is 0 Å². The van der Waals surface area contributed by atoms with Crippen LogP contribution in [0.2, 0.25) is 0 Å². The van der Waals surface area contributed by atoms with Gasteiger partial charge in [-0.15, -0.1) is 16.4 Å². The number of hydrogen-bond acceptors (Lipinski definition) is 5. The molecule has 0 saturated carbocycles. The first-order valence-corrected chi connectivity index (χ1v) is 10.3. The van der Waals surface area contributed by atoms with Gasteiger partial charge in [0.05, 0.1) is 11.3 Å². The summed E-state index contributed by atoms with van der Waals surface area (Å²) in [6.45, 7) is 2.64. The van der Waals surface area contributed by atoms with Gasteiger partial charge in [-0.2, -0.15) is 4.68 Å². The molecule has 0 fully saturated rings. The van der Waals surface area contributed by atoms with Crippen LogP contribution in [0.1, 0.15) is 27.7 Å². The molecular weight excluding hydrogens is 382 g/mol. The summed E-state index contributed by atoms with van der Waals surface area (Å²) in [5.74, 6) is -0.0380. The Morgan fingerprint density at radius 1 is 1.07 bits per heavy atom. The zero-order chi connectivity index (χ0) is 20.1. The molecule has 0 saturated heterocycles. The third-order valence-corrected chi connectivity index (χ3v) is 5.69. The van der Waals surface area contributed by atoms with Crippen LogP contribution in [-0.2, 0) is 13.0 Å². The minimum Gasteiger partial charge on any atom is -0.331 e. The second-order valence-electron chi connectivity index (χ2n) is 6.82. The van der Waals surface area contributed by atoms with E-state index in [4.69, 9.17) is 0 Å². The summed E-state index contributed by atoms with van der Waals surface area (Å²) < 4.78 is 1.53. The number of tetrazole rings is 1. The second kappa shape index (κ2) is 8.79. The van der Waals surface area contributed by atoms with Crippen molar-refractivity contribution < 1.29 is 4.79 Å². The number of thiophene rings is 1. The van der Waals surface area contributed by atoms with Gasteiger partial charge in [-0.05, 0) is 46.5 Å². The van der Waals surface area contributed by atoms with Crippen LogP contribution in [0.5, 0.6) is 0 Å². The largest absolute Gasteiger partial charge is 0.331 e. The van der Waals surface area contributed by atoms with Crippen molar-refractivity contribution in [1.29, 1.82) is 0 Å². The minimum atomic E-state index is -0.0380. The highest BCUT2D eigenvalue weighted by atomic mass is 32.1. The molecule has 0 radical (unpaired) electrons. The van der Waals surface area contributed by atoms with Crippen molar-refractivity contribution in [2.45, 2.75) is 25.9 Å². The standard InChI is InChI=1S/C22H21N5OS/c1-17(14-19-10-7-13-29-19)26(15-18-8-3-2-4-9-18)22(28)20-11-5-6-12-21(20)27-16-23-24-25-27/h2-13,16-17H,14-15H2,1H3/t17-/m1/s1. The average molecular weight is 404 g/mol. The molecule has 0 aliphatic heterocycles. The summed E-state index contributed by atoms with van der Waals surface area (Å²) in [4.78, 5) is 16.9. The first kappa shape index (κ1) is 19.0. The summed E-state index contributed by atoms with van der Waals surface area (Å²) >= 11 is 1.72. The molecule has 0 N–H and O–H groups in total. The van der Waals surface area contributed by atoms with Crippen LogP contribution in [-0.4, -0.2) is 37.1 Å². The van der Waals surface area contributed by atoms with E-state index in [0.29, 0.717) is 17.8 Å². The van der Waals surface area contributed by atoms with E-state index in [1.54, 1.807) is 11.3 Å². The van der Waals surface area contributed by atoms with Crippen molar-refractivity contribution >= 4 is 17.2 Å². The third-order valence-electron chi connectivity index (χ3n) is 4.80. The van der Waals surface area contributed by atoms with Crippen LogP contribution in [0, 0.1) is 0 Å². The maximum absolute atomic E-state index is 13.7. The Bertz CT molecular complexity index is 1050. The number of amides is 1. The van der Waals surface area contributed by atoms with Crippen LogP contribution in [0.25, 0.3) is 5.69 Å². The SMILES string of the molecule is C[C@H](Cc1cccs1)N(Cc1ccccc1)C(=O)c1ccccc1-n1cnnn1. The van der Waals surface area contributed by atoms with Gasteiger partial charge in [0.1, 0.15) is 6.33 Å². The Morgan fingerprint density at radius 2 is 1.86 bits per heavy atom. The number of para-hydroxylation sites is 1. The molecule has 146 valence electrons. The van der Waals surface area contributed by atoms with E-state index in [1.807, 2.05) is 65.6 Å². The van der Waals surface area contributed by atoms with Gasteiger partial charge in [-0.1, -0.05) is 48.5 Å². The Morgan fingerprint density at radius 3 is 2.59 bits per heavy atom. The molecule has 1 atom stereocenters. The van der Waals surface area contributed by atoms with Gasteiger partial charge in [0.25, 0.3) is 5.91 Å². The fraction of sp³-hybridized carbons (Fsp3) is 0.182. The zero-order valence-corrected chi connectivity index (χ0v) is 16.9. The first-order chi connectivity index (χ1) is 14.2. The molecule has 2 aromatic carbocycles. The molecule has 0 spiro atoms. The number of aromatic nitrogens is 4. The van der Waals surface area contributed by atoms with Gasteiger partial charge in [0.15, 0.2) is 0 Å². The molecular formula is C22H21N5OS. The van der Waals surface area contributed by atoms with Gasteiger partial charge in [0.2, 0.25) is 0 Å². The van der Waals surface area contributed by atoms with Crippen molar-refractivity contribution in [2.24, 2.45) is 0 Å². The van der Waals surface area contributed by atoms with Crippen molar-refractivity contribution in [3.63, 3.8) is 0 Å². The van der Waals surface area contributed by atoms with E-state index in [0.717, 1.165) is 12.0 Å². The second-order valence-corrected chi connectivity index (χ2v) is 7.85. The highest BCUT2D eigenvalue weighted by molar-refractivity contribution is 7.09. The van der Waals surface area contributed by atoms with E-state index in [9.17, 15) is 4.79 Å². The van der Waals surface area contributed by atoms with E-state index in [2.05, 4.69) is 33.9 Å². The maximum Gasteiger partial charge on any atom is 0.256 e. The van der Waals surface area contributed by atoms with Crippen LogP contribution in [0.4, 0.5) is 0 Å². The Labute approximate surface area is 173 Å². The predicted molar refractivity (Wildman–Crippen MR) is 113 cm³/mol. The number of benzene rings is 2. The van der Waals surface area contributed by atoms with Gasteiger partial charge in [-0.25, -0.2) is 0 Å². The van der Waals surface area contributed by atoms with Crippen molar-refractivity contribution in [1.82, 2.24) is 25.1 Å². The smallest absolute Gasteiger partial charge is 0.256 e. The fourth-order valence-corrected chi connectivity index (χ4v) is 4.15. The average Bonchev–Trinajstić information content (AvgIpc) is 3.46. The monoisotopic (exact) mass is 403 g/mol. The molecule has 0 bridgehead atoms. The highest BCUT2D eigenvalue weighted by Crippen LogP contribution is 2.22. The van der Waals surface area contributed by atoms with Gasteiger partial charge < -0.3 is 4.90 Å². The van der Waals surface area contributed by atoms with Gasteiger partial charge in [-0.3, -0.25) is 4.79 Å². The highest BCUT2D eigenvalue weighted by Gasteiger charge is 2.25. The molecule has 0 aliphatic carbocycles. The minimum absolute atomic E-state index is 0.0308. The van der Waals surface area contributed by atoms with E-state index < -0.39 is 0 Å². The molecule has 4 rings (SSSR count). The quantitative estimate of drug-likeness (QED) is 0.468. The lowest BCUT2D eigenvalue weighted by atomic mass is 10.1. The summed E-state index contributed by atoms with van der Waals surface area (Å²) in [5, 5.41) is 13.4. The third kappa shape index (κ3) is 4.41. The number of hydrogen-bond donors (Lipinski definition) is 0. The van der Waals surface area contributed by atoms with E-state index >= 15 is 0 Å². The van der Waals surface area contributed by atoms with Gasteiger partial charge in [0, 0.05) is 23.9 Å². The molecule has 7 heteroatoms. The summed E-state index contributed by atoms with van der Waals surface area (Å²) in [7, 11) is 0. The number of carbonyl (C=O) groups is 1. The van der Waals surface area contributed by atoms with E-state index in [1.165, 1.54) is 15.9 Å². The molecule has 0 aliphatic rings. The molecule has 2 heterocycles. The molecule has 0 unspecified atom stereocenters. The molecule has 2 aromatic heterocycles. The number of nitrogens with zero attached hydrogens (tertiary/aromatic N) is 5. The normalized spacial score (nSPS) is 11.9. The first-order valence-electron chi connectivity index (χ1n) is 9.42. The van der Waals surface area contributed by atoms with Crippen LogP contribution >= 0.6 is 11.3 Å².